The highest BCUT2D eigenvalue weighted by molar-refractivity contribution is 7.80. The van der Waals surface area contributed by atoms with Gasteiger partial charge in [-0.3, -0.25) is 47.9 Å². The summed E-state index contributed by atoms with van der Waals surface area (Å²) in [4.78, 5) is 129. The summed E-state index contributed by atoms with van der Waals surface area (Å²) in [5.41, 5.74) is 11.5. The van der Waals surface area contributed by atoms with Crippen LogP contribution in [0.15, 0.2) is 30.3 Å². The smallest absolute Gasteiger partial charge is 0.303 e. The van der Waals surface area contributed by atoms with Gasteiger partial charge in [0.2, 0.25) is 47.3 Å². The van der Waals surface area contributed by atoms with Crippen molar-refractivity contribution in [2.75, 3.05) is 18.9 Å². The average Bonchev–Trinajstić information content (AvgIpc) is 3.28. The molecular formula is C43H69N9O13S. The average molecular weight is 952 g/mol. The fourth-order valence-electron chi connectivity index (χ4n) is 6.32. The molecule has 0 heterocycles. The summed E-state index contributed by atoms with van der Waals surface area (Å²) in [6, 6.07) is -1.08. The van der Waals surface area contributed by atoms with Crippen molar-refractivity contribution in [3.8, 4) is 0 Å². The molecule has 0 fully saturated rings. The summed E-state index contributed by atoms with van der Waals surface area (Å²) in [5, 5.41) is 45.4. The Hall–Kier alpha value is -5.81. The van der Waals surface area contributed by atoms with E-state index in [-0.39, 0.29) is 43.9 Å². The van der Waals surface area contributed by atoms with Gasteiger partial charge in [0.25, 0.3) is 0 Å². The first-order chi connectivity index (χ1) is 31.2. The van der Waals surface area contributed by atoms with Gasteiger partial charge in [-0.25, -0.2) is 0 Å². The Morgan fingerprint density at radius 2 is 1.06 bits per heavy atom. The Labute approximate surface area is 390 Å². The lowest BCUT2D eigenvalue weighted by atomic mass is 9.96. The van der Waals surface area contributed by atoms with Crippen LogP contribution in [0.1, 0.15) is 97.5 Å². The molecule has 0 aliphatic heterocycles. The number of aliphatic hydroxyl groups excluding tert-OH is 1. The van der Waals surface area contributed by atoms with Gasteiger partial charge in [-0.1, -0.05) is 77.3 Å². The highest BCUT2D eigenvalue weighted by Gasteiger charge is 2.36. The van der Waals surface area contributed by atoms with Gasteiger partial charge >= 0.3 is 11.9 Å². The predicted octanol–water partition coefficient (Wildman–Crippen LogP) is -1.63. The number of aliphatic hydroxyl groups is 1. The van der Waals surface area contributed by atoms with Crippen LogP contribution in [0, 0.1) is 11.8 Å². The predicted molar refractivity (Wildman–Crippen MR) is 244 cm³/mol. The SMILES string of the molecule is CC[C@H](C)[C@H](NC(=O)[C@H](CCC(N)=O)NC(=O)[C@@H](NC(=O)[C@H](CS)NC(=O)[C@H](Cc1ccccc1)NC(=O)[C@H](CCC(=O)O)NC(=O)[C@@H](N)CO)[C@@H](C)CC)C(=O)NCCCCCC(=O)O. The van der Waals surface area contributed by atoms with E-state index in [0.29, 0.717) is 37.7 Å². The molecular weight excluding hydrogens is 883 g/mol. The maximum absolute atomic E-state index is 14.0. The third kappa shape index (κ3) is 21.9. The molecule has 0 aliphatic carbocycles. The van der Waals surface area contributed by atoms with E-state index in [1.54, 1.807) is 51.1 Å². The maximum atomic E-state index is 14.0. The minimum Gasteiger partial charge on any atom is -0.481 e. The summed E-state index contributed by atoms with van der Waals surface area (Å²) in [5.74, 6) is -10.0. The number of hydrogen-bond acceptors (Lipinski definition) is 13. The van der Waals surface area contributed by atoms with Crippen molar-refractivity contribution in [2.24, 2.45) is 23.3 Å². The number of nitrogens with one attached hydrogen (secondary N) is 7. The molecule has 22 nitrogen and oxygen atoms in total. The second-order valence-electron chi connectivity index (χ2n) is 16.1. The molecule has 1 rings (SSSR count). The van der Waals surface area contributed by atoms with E-state index in [9.17, 15) is 58.2 Å². The van der Waals surface area contributed by atoms with Crippen molar-refractivity contribution in [3.05, 3.63) is 35.9 Å². The Kier molecular flexibility index (Phi) is 27.5. The standard InChI is InChI=1S/C43H69N9O13S/c1-5-24(3)35(42(64)46-20-12-8-11-15-33(55)56)51-39(61)28(16-18-32(45)54)48-43(65)36(25(4)6-2)52-41(63)31(23-66)50-40(62)30(21-26-13-9-7-10-14-26)49-38(60)29(17-19-34(57)58)47-37(59)27(44)22-53/h7,9-10,13-14,24-25,27-31,35-36,53,66H,5-6,8,11-12,15-23,44H2,1-4H3,(H2,45,54)(H,46,64)(H,47,59)(H,48,65)(H,49,60)(H,50,62)(H,51,61)(H,52,63)(H,55,56)(H,57,58)/t24-,25-,27-,28-,29-,30-,31-,35-,36-/m0/s1. The fourth-order valence-corrected chi connectivity index (χ4v) is 6.58. The zero-order valence-corrected chi connectivity index (χ0v) is 38.9. The highest BCUT2D eigenvalue weighted by atomic mass is 32.1. The quantitative estimate of drug-likeness (QED) is 0.0278. The van der Waals surface area contributed by atoms with E-state index in [2.05, 4.69) is 49.8 Å². The molecule has 66 heavy (non-hydrogen) atoms. The number of unbranched alkanes of at least 4 members (excludes halogenated alkanes) is 2. The topological polar surface area (TPSA) is 368 Å². The number of carbonyl (C=O) groups is 10. The van der Waals surface area contributed by atoms with E-state index >= 15 is 0 Å². The van der Waals surface area contributed by atoms with Gasteiger partial charge in [0.05, 0.1) is 6.61 Å². The first kappa shape index (κ1) is 58.2. The molecule has 1 aromatic rings. The molecule has 8 amide bonds. The Morgan fingerprint density at radius 3 is 1.58 bits per heavy atom. The summed E-state index contributed by atoms with van der Waals surface area (Å²) < 4.78 is 0. The van der Waals surface area contributed by atoms with Gasteiger partial charge in [0, 0.05) is 38.0 Å². The third-order valence-corrected chi connectivity index (χ3v) is 11.2. The molecule has 0 spiro atoms. The minimum absolute atomic E-state index is 0.00264. The number of primary amides is 1. The molecule has 1 aromatic carbocycles. The molecule has 0 aromatic heterocycles. The molecule has 14 N–H and O–H groups in total. The van der Waals surface area contributed by atoms with E-state index < -0.39 is 127 Å². The van der Waals surface area contributed by atoms with E-state index in [1.165, 1.54) is 0 Å². The molecule has 0 unspecified atom stereocenters. The fraction of sp³-hybridized carbons (Fsp3) is 0.628. The van der Waals surface area contributed by atoms with E-state index in [4.69, 9.17) is 16.6 Å². The molecule has 0 radical (unpaired) electrons. The van der Waals surface area contributed by atoms with Gasteiger partial charge < -0.3 is 64.0 Å². The first-order valence-corrected chi connectivity index (χ1v) is 22.6. The van der Waals surface area contributed by atoms with Crippen LogP contribution in [-0.2, 0) is 54.4 Å². The third-order valence-electron chi connectivity index (χ3n) is 10.8. The van der Waals surface area contributed by atoms with Crippen LogP contribution in [0.4, 0.5) is 0 Å². The summed E-state index contributed by atoms with van der Waals surface area (Å²) >= 11 is 4.26. The second-order valence-corrected chi connectivity index (χ2v) is 16.4. The summed E-state index contributed by atoms with van der Waals surface area (Å²) in [6.45, 7) is 6.42. The first-order valence-electron chi connectivity index (χ1n) is 22.0. The number of nitrogens with two attached hydrogens (primary N) is 2. The van der Waals surface area contributed by atoms with Crippen molar-refractivity contribution < 1.29 is 63.3 Å². The highest BCUT2D eigenvalue weighted by Crippen LogP contribution is 2.13. The zero-order chi connectivity index (χ0) is 49.9. The molecule has 0 saturated heterocycles. The molecule has 9 atom stereocenters. The summed E-state index contributed by atoms with van der Waals surface area (Å²) in [7, 11) is 0. The number of rotatable bonds is 33. The lowest BCUT2D eigenvalue weighted by Crippen LogP contribution is -2.61. The minimum atomic E-state index is -1.49. The maximum Gasteiger partial charge on any atom is 0.303 e. The van der Waals surface area contributed by atoms with Gasteiger partial charge in [-0.2, -0.15) is 12.6 Å². The number of benzene rings is 1. The molecule has 370 valence electrons. The van der Waals surface area contributed by atoms with Crippen LogP contribution in [0.3, 0.4) is 0 Å². The molecule has 0 aliphatic rings. The van der Waals surface area contributed by atoms with Gasteiger partial charge in [-0.05, 0) is 43.1 Å². The number of amides is 8. The van der Waals surface area contributed by atoms with E-state index in [0.717, 1.165) is 0 Å². The lowest BCUT2D eigenvalue weighted by molar-refractivity contribution is -0.139. The number of carboxylic acids is 2. The van der Waals surface area contributed by atoms with Crippen molar-refractivity contribution in [3.63, 3.8) is 0 Å². The van der Waals surface area contributed by atoms with Crippen LogP contribution in [-0.4, -0.2) is 136 Å². The van der Waals surface area contributed by atoms with E-state index in [1.807, 2.05) is 6.92 Å². The summed E-state index contributed by atoms with van der Waals surface area (Å²) in [6.07, 6.45) is 0.639. The molecule has 0 bridgehead atoms. The van der Waals surface area contributed by atoms with Crippen molar-refractivity contribution in [1.82, 2.24) is 37.2 Å². The van der Waals surface area contributed by atoms with Gasteiger partial charge in [-0.15, -0.1) is 0 Å². The van der Waals surface area contributed by atoms with Crippen molar-refractivity contribution in [2.45, 2.75) is 141 Å². The number of carboxylic acid groups (broad SMARTS) is 2. The normalized spacial score (nSPS) is 15.1. The monoisotopic (exact) mass is 951 g/mol. The number of carbonyl (C=O) groups excluding carboxylic acids is 8. The number of aliphatic carboxylic acids is 2. The molecule has 23 heteroatoms. The Bertz CT molecular complexity index is 1790. The number of thiol groups is 1. The number of hydrogen-bond donors (Lipinski definition) is 13. The van der Waals surface area contributed by atoms with Crippen LogP contribution in [0.25, 0.3) is 0 Å². The van der Waals surface area contributed by atoms with Crippen LogP contribution < -0.4 is 48.7 Å². The Balaban J connectivity index is 3.34. The van der Waals surface area contributed by atoms with Crippen molar-refractivity contribution >= 4 is 71.8 Å². The molecule has 0 saturated carbocycles. The van der Waals surface area contributed by atoms with Crippen LogP contribution in [0.5, 0.6) is 0 Å². The second kappa shape index (κ2) is 31.2. The van der Waals surface area contributed by atoms with Crippen LogP contribution >= 0.6 is 12.6 Å². The Morgan fingerprint density at radius 1 is 0.591 bits per heavy atom. The lowest BCUT2D eigenvalue weighted by Gasteiger charge is -2.30. The van der Waals surface area contributed by atoms with Crippen molar-refractivity contribution in [1.29, 1.82) is 0 Å². The van der Waals surface area contributed by atoms with Crippen LogP contribution in [0.2, 0.25) is 0 Å². The van der Waals surface area contributed by atoms with Gasteiger partial charge in [0.15, 0.2) is 0 Å². The largest absolute Gasteiger partial charge is 0.481 e. The zero-order valence-electron chi connectivity index (χ0n) is 38.0. The van der Waals surface area contributed by atoms with Gasteiger partial charge in [0.1, 0.15) is 42.3 Å².